The smallest absolute Gasteiger partial charge is 0.191 e. The number of hydrogen-bond donors (Lipinski definition) is 2. The van der Waals surface area contributed by atoms with Crippen LogP contribution >= 0.6 is 11.3 Å². The van der Waals surface area contributed by atoms with Crippen LogP contribution in [0.2, 0.25) is 0 Å². The van der Waals surface area contributed by atoms with Crippen molar-refractivity contribution in [3.05, 3.63) is 22.4 Å². The Morgan fingerprint density at radius 2 is 2.14 bits per heavy atom. The van der Waals surface area contributed by atoms with E-state index >= 15 is 0 Å². The number of aliphatic imine (C=N–C) groups is 1. The van der Waals surface area contributed by atoms with Crippen LogP contribution in [0.5, 0.6) is 0 Å². The van der Waals surface area contributed by atoms with Crippen LogP contribution in [0.4, 0.5) is 0 Å². The summed E-state index contributed by atoms with van der Waals surface area (Å²) in [6.07, 6.45) is 4.93. The van der Waals surface area contributed by atoms with Gasteiger partial charge in [0.25, 0.3) is 0 Å². The van der Waals surface area contributed by atoms with Crippen molar-refractivity contribution in [1.82, 2.24) is 15.5 Å². The Balaban J connectivity index is 1.79. The number of thiophene rings is 1. The van der Waals surface area contributed by atoms with Gasteiger partial charge >= 0.3 is 0 Å². The highest BCUT2D eigenvalue weighted by Gasteiger charge is 2.19. The zero-order valence-electron chi connectivity index (χ0n) is 14.0. The van der Waals surface area contributed by atoms with Crippen molar-refractivity contribution in [1.29, 1.82) is 0 Å². The number of nitrogens with zero attached hydrogens (tertiary/aromatic N) is 2. The van der Waals surface area contributed by atoms with Crippen LogP contribution in [-0.2, 0) is 6.42 Å². The molecule has 1 fully saturated rings. The molecule has 2 rings (SSSR count). The maximum atomic E-state index is 4.80. The molecule has 0 aliphatic carbocycles. The van der Waals surface area contributed by atoms with E-state index in [0.29, 0.717) is 6.04 Å². The molecule has 5 heteroatoms. The Kier molecular flexibility index (Phi) is 7.74. The van der Waals surface area contributed by atoms with Gasteiger partial charge in [0.15, 0.2) is 5.96 Å². The summed E-state index contributed by atoms with van der Waals surface area (Å²) >= 11 is 1.82. The molecule has 4 nitrogen and oxygen atoms in total. The summed E-state index contributed by atoms with van der Waals surface area (Å²) in [4.78, 5) is 8.82. The molecule has 0 aromatic carbocycles. The second-order valence-corrected chi connectivity index (χ2v) is 6.81. The predicted molar refractivity (Wildman–Crippen MR) is 96.9 cm³/mol. The SMILES string of the molecule is CCNC(=NCC(CC)N1CCCC1)NCCc1cccs1. The van der Waals surface area contributed by atoms with E-state index in [9.17, 15) is 0 Å². The van der Waals surface area contributed by atoms with Crippen molar-refractivity contribution >= 4 is 17.3 Å². The minimum Gasteiger partial charge on any atom is -0.357 e. The Hall–Kier alpha value is -1.07. The minimum atomic E-state index is 0.593. The van der Waals surface area contributed by atoms with Crippen molar-refractivity contribution in [2.75, 3.05) is 32.7 Å². The Morgan fingerprint density at radius 3 is 2.77 bits per heavy atom. The summed E-state index contributed by atoms with van der Waals surface area (Å²) in [5.74, 6) is 0.955. The summed E-state index contributed by atoms with van der Waals surface area (Å²) in [5.41, 5.74) is 0. The molecule has 1 atom stereocenters. The summed E-state index contributed by atoms with van der Waals surface area (Å²) < 4.78 is 0. The lowest BCUT2D eigenvalue weighted by molar-refractivity contribution is 0.242. The fourth-order valence-corrected chi connectivity index (χ4v) is 3.62. The highest BCUT2D eigenvalue weighted by Crippen LogP contribution is 2.14. The first-order valence-electron chi connectivity index (χ1n) is 8.62. The van der Waals surface area contributed by atoms with Crippen molar-refractivity contribution < 1.29 is 0 Å². The molecule has 1 unspecified atom stereocenters. The molecule has 1 aromatic heterocycles. The molecule has 0 spiro atoms. The largest absolute Gasteiger partial charge is 0.357 e. The molecule has 0 radical (unpaired) electrons. The second-order valence-electron chi connectivity index (χ2n) is 5.78. The van der Waals surface area contributed by atoms with Gasteiger partial charge in [0, 0.05) is 24.0 Å². The average Bonchev–Trinajstić information content (AvgIpc) is 3.21. The first kappa shape index (κ1) is 17.3. The van der Waals surface area contributed by atoms with Crippen LogP contribution in [0.25, 0.3) is 0 Å². The molecule has 2 N–H and O–H groups in total. The van der Waals surface area contributed by atoms with Gasteiger partial charge in [-0.2, -0.15) is 0 Å². The molecule has 1 aromatic rings. The summed E-state index contributed by atoms with van der Waals surface area (Å²) in [6, 6.07) is 4.90. The predicted octanol–water partition coefficient (Wildman–Crippen LogP) is 2.72. The van der Waals surface area contributed by atoms with Gasteiger partial charge in [0.1, 0.15) is 0 Å². The van der Waals surface area contributed by atoms with Gasteiger partial charge in [0.2, 0.25) is 0 Å². The average molecular weight is 323 g/mol. The second kappa shape index (κ2) is 9.85. The molecular formula is C17H30N4S. The van der Waals surface area contributed by atoms with E-state index in [4.69, 9.17) is 4.99 Å². The fraction of sp³-hybridized carbons (Fsp3) is 0.706. The van der Waals surface area contributed by atoms with E-state index in [1.807, 2.05) is 11.3 Å². The lowest BCUT2D eigenvalue weighted by atomic mass is 10.2. The Morgan fingerprint density at radius 1 is 1.32 bits per heavy atom. The molecular weight excluding hydrogens is 292 g/mol. The van der Waals surface area contributed by atoms with E-state index in [-0.39, 0.29) is 0 Å². The lowest BCUT2D eigenvalue weighted by Gasteiger charge is -2.25. The zero-order valence-corrected chi connectivity index (χ0v) is 14.8. The molecule has 1 aliphatic heterocycles. The number of hydrogen-bond acceptors (Lipinski definition) is 3. The van der Waals surface area contributed by atoms with E-state index in [1.54, 1.807) is 0 Å². The van der Waals surface area contributed by atoms with Crippen molar-refractivity contribution in [3.63, 3.8) is 0 Å². The highest BCUT2D eigenvalue weighted by molar-refractivity contribution is 7.09. The van der Waals surface area contributed by atoms with Crippen LogP contribution in [0.1, 0.15) is 38.0 Å². The molecule has 2 heterocycles. The molecule has 1 aliphatic rings. The molecule has 0 amide bonds. The molecule has 124 valence electrons. The van der Waals surface area contributed by atoms with Crippen LogP contribution in [0, 0.1) is 0 Å². The molecule has 1 saturated heterocycles. The first-order valence-corrected chi connectivity index (χ1v) is 9.50. The maximum Gasteiger partial charge on any atom is 0.191 e. The van der Waals surface area contributed by atoms with Gasteiger partial charge in [-0.3, -0.25) is 9.89 Å². The van der Waals surface area contributed by atoms with Gasteiger partial charge in [-0.25, -0.2) is 0 Å². The van der Waals surface area contributed by atoms with Gasteiger partial charge < -0.3 is 10.6 Å². The third kappa shape index (κ3) is 5.61. The van der Waals surface area contributed by atoms with Crippen LogP contribution < -0.4 is 10.6 Å². The van der Waals surface area contributed by atoms with Crippen LogP contribution in [-0.4, -0.2) is 49.6 Å². The minimum absolute atomic E-state index is 0.593. The topological polar surface area (TPSA) is 39.7 Å². The molecule has 0 bridgehead atoms. The van der Waals surface area contributed by atoms with E-state index in [2.05, 4.69) is 46.9 Å². The lowest BCUT2D eigenvalue weighted by Crippen LogP contribution is -2.40. The Bertz CT molecular complexity index is 424. The first-order chi connectivity index (χ1) is 10.8. The van der Waals surface area contributed by atoms with Crippen molar-refractivity contribution in [2.45, 2.75) is 45.6 Å². The summed E-state index contributed by atoms with van der Waals surface area (Å²) in [7, 11) is 0. The van der Waals surface area contributed by atoms with E-state index in [0.717, 1.165) is 32.0 Å². The summed E-state index contributed by atoms with van der Waals surface area (Å²) in [5, 5.41) is 8.95. The monoisotopic (exact) mass is 322 g/mol. The maximum absolute atomic E-state index is 4.80. The third-order valence-corrected chi connectivity index (χ3v) is 5.11. The van der Waals surface area contributed by atoms with Gasteiger partial charge in [-0.1, -0.05) is 13.0 Å². The van der Waals surface area contributed by atoms with Crippen LogP contribution in [0.15, 0.2) is 22.5 Å². The molecule has 0 saturated carbocycles. The Labute approximate surface area is 139 Å². The highest BCUT2D eigenvalue weighted by atomic mass is 32.1. The third-order valence-electron chi connectivity index (χ3n) is 4.18. The van der Waals surface area contributed by atoms with E-state index in [1.165, 1.54) is 37.2 Å². The number of guanidine groups is 1. The van der Waals surface area contributed by atoms with E-state index < -0.39 is 0 Å². The van der Waals surface area contributed by atoms with Gasteiger partial charge in [-0.15, -0.1) is 11.3 Å². The number of likely N-dealkylation sites (tertiary alicyclic amines) is 1. The number of nitrogens with one attached hydrogen (secondary N) is 2. The molecule has 22 heavy (non-hydrogen) atoms. The van der Waals surface area contributed by atoms with Crippen molar-refractivity contribution in [3.8, 4) is 0 Å². The van der Waals surface area contributed by atoms with Gasteiger partial charge in [0.05, 0.1) is 6.54 Å². The normalized spacial score (nSPS) is 17.6. The van der Waals surface area contributed by atoms with Gasteiger partial charge in [-0.05, 0) is 57.1 Å². The number of rotatable bonds is 8. The standard InChI is InChI=1S/C17H30N4S/c1-3-15(21-11-5-6-12-21)14-20-17(18-4-2)19-10-9-16-8-7-13-22-16/h7-8,13,15H,3-6,9-12,14H2,1-2H3,(H2,18,19,20). The zero-order chi connectivity index (χ0) is 15.6. The quantitative estimate of drug-likeness (QED) is 0.571. The van der Waals surface area contributed by atoms with Crippen LogP contribution in [0.3, 0.4) is 0 Å². The van der Waals surface area contributed by atoms with Crippen molar-refractivity contribution in [2.24, 2.45) is 4.99 Å². The fourth-order valence-electron chi connectivity index (χ4n) is 2.91. The summed E-state index contributed by atoms with van der Waals surface area (Å²) in [6.45, 7) is 9.62.